The molecule has 0 aromatic heterocycles. The zero-order valence-electron chi connectivity index (χ0n) is 12.7. The van der Waals surface area contributed by atoms with Gasteiger partial charge in [-0.25, -0.2) is 0 Å². The highest BCUT2D eigenvalue weighted by Gasteiger charge is 2.16. The molecule has 2 atom stereocenters. The Morgan fingerprint density at radius 1 is 1.35 bits per heavy atom. The summed E-state index contributed by atoms with van der Waals surface area (Å²) in [4.78, 5) is 0. The monoisotopic (exact) mass is 278 g/mol. The van der Waals surface area contributed by atoms with Crippen LogP contribution in [0.4, 0.5) is 0 Å². The Morgan fingerprint density at radius 3 is 2.85 bits per heavy atom. The van der Waals surface area contributed by atoms with Gasteiger partial charge in [0.05, 0.1) is 14.2 Å². The van der Waals surface area contributed by atoms with Crippen molar-refractivity contribution in [3.05, 3.63) is 23.8 Å². The van der Waals surface area contributed by atoms with E-state index in [0.29, 0.717) is 0 Å². The molecule has 0 spiro atoms. The molecule has 0 aliphatic carbocycles. The summed E-state index contributed by atoms with van der Waals surface area (Å²) in [5.41, 5.74) is 1.15. The van der Waals surface area contributed by atoms with Gasteiger partial charge in [-0.1, -0.05) is 0 Å². The van der Waals surface area contributed by atoms with Gasteiger partial charge in [-0.3, -0.25) is 0 Å². The number of hydrogen-bond donors (Lipinski definition) is 2. The Bertz CT molecular complexity index is 417. The molecule has 1 aliphatic heterocycles. The van der Waals surface area contributed by atoms with Crippen molar-refractivity contribution in [2.75, 3.05) is 33.9 Å². The van der Waals surface area contributed by atoms with Crippen LogP contribution in [-0.4, -0.2) is 33.9 Å². The first-order chi connectivity index (χ1) is 9.74. The van der Waals surface area contributed by atoms with Crippen molar-refractivity contribution < 1.29 is 9.47 Å². The summed E-state index contributed by atoms with van der Waals surface area (Å²) in [6.07, 6.45) is 2.59. The first kappa shape index (κ1) is 15.1. The first-order valence-corrected chi connectivity index (χ1v) is 7.40. The molecule has 2 rings (SSSR count). The molecule has 1 fully saturated rings. The summed E-state index contributed by atoms with van der Waals surface area (Å²) < 4.78 is 10.8. The third kappa shape index (κ3) is 3.87. The van der Waals surface area contributed by atoms with E-state index in [1.54, 1.807) is 14.2 Å². The zero-order valence-corrected chi connectivity index (χ0v) is 12.7. The van der Waals surface area contributed by atoms with E-state index in [1.807, 2.05) is 12.1 Å². The van der Waals surface area contributed by atoms with Gasteiger partial charge in [0, 0.05) is 11.6 Å². The van der Waals surface area contributed by atoms with E-state index in [0.717, 1.165) is 42.6 Å². The van der Waals surface area contributed by atoms with E-state index in [2.05, 4.69) is 23.6 Å². The fourth-order valence-corrected chi connectivity index (χ4v) is 2.73. The van der Waals surface area contributed by atoms with Gasteiger partial charge < -0.3 is 20.1 Å². The van der Waals surface area contributed by atoms with Crippen molar-refractivity contribution >= 4 is 0 Å². The number of benzene rings is 1. The van der Waals surface area contributed by atoms with Crippen LogP contribution in [0.25, 0.3) is 0 Å². The summed E-state index contributed by atoms with van der Waals surface area (Å²) in [5.74, 6) is 2.50. The topological polar surface area (TPSA) is 42.5 Å². The maximum atomic E-state index is 5.45. The van der Waals surface area contributed by atoms with Crippen molar-refractivity contribution in [1.82, 2.24) is 10.6 Å². The zero-order chi connectivity index (χ0) is 14.4. The van der Waals surface area contributed by atoms with E-state index < -0.39 is 0 Å². The van der Waals surface area contributed by atoms with Crippen LogP contribution in [0.5, 0.6) is 11.5 Å². The van der Waals surface area contributed by atoms with Crippen molar-refractivity contribution in [1.29, 1.82) is 0 Å². The number of hydrogen-bond acceptors (Lipinski definition) is 4. The van der Waals surface area contributed by atoms with Gasteiger partial charge in [-0.2, -0.15) is 0 Å². The van der Waals surface area contributed by atoms with Crippen LogP contribution in [-0.2, 0) is 0 Å². The minimum atomic E-state index is 0.252. The minimum absolute atomic E-state index is 0.252. The molecule has 0 radical (unpaired) electrons. The third-order valence-electron chi connectivity index (χ3n) is 4.02. The molecule has 2 unspecified atom stereocenters. The highest BCUT2D eigenvalue weighted by atomic mass is 16.5. The molecule has 0 amide bonds. The average Bonchev–Trinajstić information content (AvgIpc) is 2.52. The lowest BCUT2D eigenvalue weighted by atomic mass is 9.98. The molecule has 4 nitrogen and oxygen atoms in total. The summed E-state index contributed by atoms with van der Waals surface area (Å²) in [7, 11) is 3.40. The lowest BCUT2D eigenvalue weighted by Crippen LogP contribution is -2.36. The lowest BCUT2D eigenvalue weighted by molar-refractivity contribution is 0.343. The van der Waals surface area contributed by atoms with Crippen molar-refractivity contribution in [3.8, 4) is 11.5 Å². The van der Waals surface area contributed by atoms with Gasteiger partial charge in [0.1, 0.15) is 11.5 Å². The first-order valence-electron chi connectivity index (χ1n) is 7.40. The number of nitrogens with one attached hydrogen (secondary N) is 2. The largest absolute Gasteiger partial charge is 0.497 e. The predicted molar refractivity (Wildman–Crippen MR) is 81.6 cm³/mol. The highest BCUT2D eigenvalue weighted by molar-refractivity contribution is 5.42. The second-order valence-corrected chi connectivity index (χ2v) is 5.45. The Morgan fingerprint density at radius 2 is 2.20 bits per heavy atom. The second-order valence-electron chi connectivity index (χ2n) is 5.45. The van der Waals surface area contributed by atoms with Crippen molar-refractivity contribution in [2.24, 2.45) is 5.92 Å². The lowest BCUT2D eigenvalue weighted by Gasteiger charge is -2.25. The van der Waals surface area contributed by atoms with Crippen LogP contribution in [0.15, 0.2) is 18.2 Å². The molecule has 0 saturated carbocycles. The van der Waals surface area contributed by atoms with Crippen molar-refractivity contribution in [3.63, 3.8) is 0 Å². The van der Waals surface area contributed by atoms with Crippen LogP contribution in [0.2, 0.25) is 0 Å². The highest BCUT2D eigenvalue weighted by Crippen LogP contribution is 2.29. The molecule has 20 heavy (non-hydrogen) atoms. The summed E-state index contributed by atoms with van der Waals surface area (Å²) >= 11 is 0. The molecule has 4 heteroatoms. The molecular weight excluding hydrogens is 252 g/mol. The minimum Gasteiger partial charge on any atom is -0.497 e. The number of ether oxygens (including phenoxy) is 2. The van der Waals surface area contributed by atoms with Gasteiger partial charge in [-0.05, 0) is 63.5 Å². The van der Waals surface area contributed by atoms with E-state index in [4.69, 9.17) is 9.47 Å². The summed E-state index contributed by atoms with van der Waals surface area (Å²) in [6, 6.07) is 6.20. The normalized spacial score (nSPS) is 20.4. The van der Waals surface area contributed by atoms with Crippen LogP contribution in [0.3, 0.4) is 0 Å². The maximum Gasteiger partial charge on any atom is 0.123 e. The van der Waals surface area contributed by atoms with E-state index in [-0.39, 0.29) is 6.04 Å². The Balaban J connectivity index is 1.98. The van der Waals surface area contributed by atoms with Crippen LogP contribution in [0.1, 0.15) is 31.4 Å². The van der Waals surface area contributed by atoms with Gasteiger partial charge in [0.15, 0.2) is 0 Å². The van der Waals surface area contributed by atoms with Gasteiger partial charge in [-0.15, -0.1) is 0 Å². The number of rotatable bonds is 6. The average molecular weight is 278 g/mol. The SMILES string of the molecule is COc1ccc(OC)c(C(C)NCC2CCCNC2)c1. The van der Waals surface area contributed by atoms with Gasteiger partial charge in [0.2, 0.25) is 0 Å². The van der Waals surface area contributed by atoms with Crippen LogP contribution in [0, 0.1) is 5.92 Å². The molecule has 1 aromatic carbocycles. The van der Waals surface area contributed by atoms with Crippen LogP contribution >= 0.6 is 0 Å². The fraction of sp³-hybridized carbons (Fsp3) is 0.625. The van der Waals surface area contributed by atoms with E-state index in [9.17, 15) is 0 Å². The summed E-state index contributed by atoms with van der Waals surface area (Å²) in [5, 5.41) is 7.07. The molecule has 1 heterocycles. The maximum absolute atomic E-state index is 5.45. The van der Waals surface area contributed by atoms with Crippen LogP contribution < -0.4 is 20.1 Å². The molecule has 2 N–H and O–H groups in total. The third-order valence-corrected chi connectivity index (χ3v) is 4.02. The number of methoxy groups -OCH3 is 2. The molecule has 112 valence electrons. The van der Waals surface area contributed by atoms with Gasteiger partial charge in [0.25, 0.3) is 0 Å². The molecular formula is C16H26N2O2. The Kier molecular flexibility index (Phi) is 5.68. The number of piperidine rings is 1. The fourth-order valence-electron chi connectivity index (χ4n) is 2.73. The second kappa shape index (κ2) is 7.50. The smallest absolute Gasteiger partial charge is 0.123 e. The van der Waals surface area contributed by atoms with E-state index >= 15 is 0 Å². The van der Waals surface area contributed by atoms with E-state index in [1.165, 1.54) is 12.8 Å². The van der Waals surface area contributed by atoms with Crippen molar-refractivity contribution in [2.45, 2.75) is 25.8 Å². The quantitative estimate of drug-likeness (QED) is 0.838. The molecule has 0 bridgehead atoms. The Labute approximate surface area is 121 Å². The molecule has 1 aromatic rings. The molecule has 1 aliphatic rings. The van der Waals surface area contributed by atoms with Gasteiger partial charge >= 0.3 is 0 Å². The summed E-state index contributed by atoms with van der Waals surface area (Å²) in [6.45, 7) is 5.49. The predicted octanol–water partition coefficient (Wildman–Crippen LogP) is 2.35. The standard InChI is InChI=1S/C16H26N2O2/c1-12(18-11-13-5-4-8-17-10-13)15-9-14(19-2)6-7-16(15)20-3/h6-7,9,12-13,17-18H,4-5,8,10-11H2,1-3H3. The Hall–Kier alpha value is -1.26. The molecule has 1 saturated heterocycles.